The molecule has 35 heavy (non-hydrogen) atoms. The summed E-state index contributed by atoms with van der Waals surface area (Å²) in [4.78, 5) is 13.5. The van der Waals surface area contributed by atoms with Crippen LogP contribution in [0.2, 0.25) is 0 Å². The van der Waals surface area contributed by atoms with Gasteiger partial charge >= 0.3 is 0 Å². The zero-order chi connectivity index (χ0) is 23.8. The van der Waals surface area contributed by atoms with Gasteiger partial charge in [0.25, 0.3) is 0 Å². The van der Waals surface area contributed by atoms with Crippen molar-refractivity contribution in [1.82, 2.24) is 34.7 Å². The number of rotatable bonds is 4. The number of benzene rings is 1. The highest BCUT2D eigenvalue weighted by Crippen LogP contribution is 2.36. The first kappa shape index (κ1) is 21.2. The molecule has 5 heterocycles. The van der Waals surface area contributed by atoms with E-state index in [4.69, 9.17) is 10.1 Å². The number of pyridine rings is 2. The van der Waals surface area contributed by atoms with E-state index < -0.39 is 0 Å². The summed E-state index contributed by atoms with van der Waals surface area (Å²) < 4.78 is 1.80. The maximum Gasteiger partial charge on any atom is 0.186 e. The van der Waals surface area contributed by atoms with Crippen LogP contribution in [0.3, 0.4) is 0 Å². The number of anilines is 1. The molecular formula is C26H24N8O. The van der Waals surface area contributed by atoms with Crippen LogP contribution in [-0.2, 0) is 0 Å². The molecule has 0 bridgehead atoms. The summed E-state index contributed by atoms with van der Waals surface area (Å²) in [6.07, 6.45) is 7.04. The maximum atomic E-state index is 10.1. The SMILES string of the molecule is CN1CCN(c2ccc(-c3cnnc4c(-c5cccc(O)c5)c(-c5ccncc5)nn34)cn2)CC1. The van der Waals surface area contributed by atoms with E-state index in [9.17, 15) is 5.11 Å². The Hall–Kier alpha value is -4.37. The molecule has 4 aromatic heterocycles. The summed E-state index contributed by atoms with van der Waals surface area (Å²) in [5, 5.41) is 23.8. The van der Waals surface area contributed by atoms with Gasteiger partial charge in [-0.15, -0.1) is 5.10 Å². The molecule has 0 radical (unpaired) electrons. The number of nitrogens with zero attached hydrogens (tertiary/aromatic N) is 8. The average Bonchev–Trinajstić information content (AvgIpc) is 3.30. The fourth-order valence-corrected chi connectivity index (χ4v) is 4.46. The molecule has 1 aromatic carbocycles. The molecule has 0 spiro atoms. The molecule has 9 heteroatoms. The number of aromatic nitrogens is 6. The van der Waals surface area contributed by atoms with Gasteiger partial charge in [-0.2, -0.15) is 10.2 Å². The van der Waals surface area contributed by atoms with Crippen LogP contribution in [0.5, 0.6) is 5.75 Å². The lowest BCUT2D eigenvalue weighted by molar-refractivity contribution is 0.312. The molecule has 1 aliphatic rings. The Labute approximate surface area is 202 Å². The first-order chi connectivity index (χ1) is 17.2. The molecule has 0 saturated carbocycles. The molecule has 0 unspecified atom stereocenters. The predicted octanol–water partition coefficient (Wildman–Crippen LogP) is 3.37. The third-order valence-electron chi connectivity index (χ3n) is 6.38. The van der Waals surface area contributed by atoms with Crippen LogP contribution in [0.1, 0.15) is 0 Å². The van der Waals surface area contributed by atoms with Gasteiger partial charge in [0.05, 0.1) is 17.5 Å². The molecule has 0 atom stereocenters. The molecule has 5 aromatic rings. The molecular weight excluding hydrogens is 440 g/mol. The van der Waals surface area contributed by atoms with Crippen LogP contribution in [-0.4, -0.2) is 73.0 Å². The van der Waals surface area contributed by atoms with Crippen LogP contribution in [0.4, 0.5) is 5.82 Å². The second kappa shape index (κ2) is 8.77. The summed E-state index contributed by atoms with van der Waals surface area (Å²) in [6, 6.07) is 15.0. The molecule has 1 saturated heterocycles. The zero-order valence-electron chi connectivity index (χ0n) is 19.3. The minimum Gasteiger partial charge on any atom is -0.508 e. The Morgan fingerprint density at radius 2 is 1.69 bits per heavy atom. The van der Waals surface area contributed by atoms with Gasteiger partial charge in [-0.25, -0.2) is 9.50 Å². The van der Waals surface area contributed by atoms with E-state index in [1.807, 2.05) is 30.5 Å². The Morgan fingerprint density at radius 3 is 2.43 bits per heavy atom. The first-order valence-corrected chi connectivity index (χ1v) is 11.5. The third-order valence-corrected chi connectivity index (χ3v) is 6.38. The van der Waals surface area contributed by atoms with Crippen LogP contribution < -0.4 is 4.90 Å². The minimum absolute atomic E-state index is 0.176. The quantitative estimate of drug-likeness (QED) is 0.433. The van der Waals surface area contributed by atoms with Crippen molar-refractivity contribution in [2.45, 2.75) is 0 Å². The largest absolute Gasteiger partial charge is 0.508 e. The minimum atomic E-state index is 0.176. The summed E-state index contributed by atoms with van der Waals surface area (Å²) >= 11 is 0. The van der Waals surface area contributed by atoms with Crippen LogP contribution >= 0.6 is 0 Å². The van der Waals surface area contributed by atoms with E-state index in [0.717, 1.165) is 65.6 Å². The Morgan fingerprint density at radius 1 is 0.857 bits per heavy atom. The lowest BCUT2D eigenvalue weighted by atomic mass is 10.0. The molecule has 0 aliphatic carbocycles. The predicted molar refractivity (Wildman–Crippen MR) is 134 cm³/mol. The van der Waals surface area contributed by atoms with Gasteiger partial charge in [0, 0.05) is 55.9 Å². The van der Waals surface area contributed by atoms with E-state index in [-0.39, 0.29) is 5.75 Å². The third kappa shape index (κ3) is 3.95. The van der Waals surface area contributed by atoms with Gasteiger partial charge in [-0.3, -0.25) is 4.98 Å². The van der Waals surface area contributed by atoms with E-state index in [1.54, 1.807) is 35.2 Å². The maximum absolute atomic E-state index is 10.1. The molecule has 1 N–H and O–H groups in total. The van der Waals surface area contributed by atoms with Gasteiger partial charge < -0.3 is 14.9 Å². The lowest BCUT2D eigenvalue weighted by Gasteiger charge is -2.33. The Bertz CT molecular complexity index is 1480. The van der Waals surface area contributed by atoms with Crippen LogP contribution in [0.15, 0.2) is 73.3 Å². The zero-order valence-corrected chi connectivity index (χ0v) is 19.3. The van der Waals surface area contributed by atoms with E-state index in [2.05, 4.69) is 44.2 Å². The van der Waals surface area contributed by atoms with Crippen LogP contribution in [0.25, 0.3) is 39.3 Å². The topological polar surface area (TPSA) is 95.6 Å². The van der Waals surface area contributed by atoms with Crippen molar-refractivity contribution in [2.75, 3.05) is 38.1 Å². The Kier molecular flexibility index (Phi) is 5.31. The normalized spacial score (nSPS) is 14.5. The van der Waals surface area contributed by atoms with E-state index >= 15 is 0 Å². The van der Waals surface area contributed by atoms with Crippen molar-refractivity contribution in [3.63, 3.8) is 0 Å². The molecule has 0 amide bonds. The number of fused-ring (bicyclic) bond motifs is 1. The first-order valence-electron chi connectivity index (χ1n) is 11.5. The summed E-state index contributed by atoms with van der Waals surface area (Å²) in [5.74, 6) is 1.15. The van der Waals surface area contributed by atoms with E-state index in [0.29, 0.717) is 5.65 Å². The second-order valence-corrected chi connectivity index (χ2v) is 8.67. The van der Waals surface area contributed by atoms with Gasteiger partial charge in [0.1, 0.15) is 17.3 Å². The Balaban J connectivity index is 1.47. The number of phenols is 1. The highest BCUT2D eigenvalue weighted by molar-refractivity contribution is 5.91. The smallest absolute Gasteiger partial charge is 0.186 e. The number of phenolic OH excluding ortho intramolecular Hbond substituents is 1. The molecule has 9 nitrogen and oxygen atoms in total. The van der Waals surface area contributed by atoms with Gasteiger partial charge in [0.15, 0.2) is 5.65 Å². The van der Waals surface area contributed by atoms with Crippen molar-refractivity contribution >= 4 is 11.5 Å². The highest BCUT2D eigenvalue weighted by atomic mass is 16.3. The second-order valence-electron chi connectivity index (χ2n) is 8.67. The molecule has 6 rings (SSSR count). The van der Waals surface area contributed by atoms with Crippen molar-refractivity contribution < 1.29 is 5.11 Å². The van der Waals surface area contributed by atoms with Crippen molar-refractivity contribution in [3.8, 4) is 39.4 Å². The average molecular weight is 465 g/mol. The number of hydrogen-bond donors (Lipinski definition) is 1. The molecule has 174 valence electrons. The van der Waals surface area contributed by atoms with Crippen LogP contribution in [0, 0.1) is 0 Å². The number of hydrogen-bond acceptors (Lipinski definition) is 8. The monoisotopic (exact) mass is 464 g/mol. The van der Waals surface area contributed by atoms with Gasteiger partial charge in [0.2, 0.25) is 0 Å². The van der Waals surface area contributed by atoms with Crippen molar-refractivity contribution in [3.05, 3.63) is 73.3 Å². The highest BCUT2D eigenvalue weighted by Gasteiger charge is 2.21. The number of piperazine rings is 1. The van der Waals surface area contributed by atoms with Gasteiger partial charge in [-0.05, 0) is 49.0 Å². The summed E-state index contributed by atoms with van der Waals surface area (Å²) in [5.41, 5.74) is 5.52. The number of aromatic hydroxyl groups is 1. The molecule has 1 aliphatic heterocycles. The fourth-order valence-electron chi connectivity index (χ4n) is 4.46. The van der Waals surface area contributed by atoms with E-state index in [1.165, 1.54) is 0 Å². The summed E-state index contributed by atoms with van der Waals surface area (Å²) in [7, 11) is 2.14. The van der Waals surface area contributed by atoms with Gasteiger partial charge in [-0.1, -0.05) is 12.1 Å². The lowest BCUT2D eigenvalue weighted by Crippen LogP contribution is -2.44. The standard InChI is InChI=1S/C26H24N8O/c1-32-11-13-33(14-12-32)23-6-5-20(16-28-23)22-17-29-30-26-24(19-3-2-4-21(35)15-19)25(31-34(22)26)18-7-9-27-10-8-18/h2-10,15-17,35H,11-14H2,1H3. The summed E-state index contributed by atoms with van der Waals surface area (Å²) in [6.45, 7) is 3.99. The van der Waals surface area contributed by atoms with Crippen molar-refractivity contribution in [2.24, 2.45) is 0 Å². The number of likely N-dealkylation sites (N-methyl/N-ethyl adjacent to an activating group) is 1. The molecule has 1 fully saturated rings. The van der Waals surface area contributed by atoms with Crippen molar-refractivity contribution in [1.29, 1.82) is 0 Å². The fraction of sp³-hybridized carbons (Fsp3) is 0.192.